The normalized spacial score (nSPS) is 11.7. The summed E-state index contributed by atoms with van der Waals surface area (Å²) in [6, 6.07) is 3.36. The first-order valence-corrected chi connectivity index (χ1v) is 8.11. The molecular formula is C17H28N2O4. The number of hydrogen-bond acceptors (Lipinski definition) is 5. The lowest BCUT2D eigenvalue weighted by molar-refractivity contribution is 0.0947. The number of ether oxygens (including phenoxy) is 3. The second kappa shape index (κ2) is 9.94. The molecule has 0 bridgehead atoms. The van der Waals surface area contributed by atoms with E-state index in [9.17, 15) is 4.79 Å². The molecule has 0 aliphatic heterocycles. The Bertz CT molecular complexity index is 478. The van der Waals surface area contributed by atoms with Gasteiger partial charge in [0.25, 0.3) is 5.91 Å². The molecule has 0 radical (unpaired) electrons. The number of benzene rings is 1. The van der Waals surface area contributed by atoms with Crippen molar-refractivity contribution < 1.29 is 19.0 Å². The molecule has 130 valence electrons. The van der Waals surface area contributed by atoms with E-state index < -0.39 is 0 Å². The number of nitrogens with two attached hydrogens (primary N) is 1. The van der Waals surface area contributed by atoms with Gasteiger partial charge in [0, 0.05) is 12.1 Å². The van der Waals surface area contributed by atoms with E-state index in [1.165, 1.54) is 0 Å². The number of nitrogens with one attached hydrogen (secondary N) is 1. The molecule has 1 aromatic carbocycles. The molecule has 1 amide bonds. The molecule has 0 fully saturated rings. The van der Waals surface area contributed by atoms with Crippen LogP contribution in [0.2, 0.25) is 0 Å². The molecule has 0 aliphatic carbocycles. The van der Waals surface area contributed by atoms with Crippen molar-refractivity contribution in [3.8, 4) is 17.2 Å². The van der Waals surface area contributed by atoms with Crippen LogP contribution in [-0.4, -0.2) is 38.8 Å². The van der Waals surface area contributed by atoms with E-state index >= 15 is 0 Å². The predicted octanol–water partition coefficient (Wildman–Crippen LogP) is 2.21. The van der Waals surface area contributed by atoms with Crippen LogP contribution in [0.4, 0.5) is 0 Å². The molecule has 0 saturated carbocycles. The standard InChI is InChI=1S/C17H28N2O4/c1-5-21-14-8-13(17(20)19-11-12(4)10-18)9-15(22-6-2)16(14)23-7-3/h8-9,12H,5-7,10-11,18H2,1-4H3,(H,19,20). The summed E-state index contributed by atoms with van der Waals surface area (Å²) >= 11 is 0. The van der Waals surface area contributed by atoms with Gasteiger partial charge in [-0.05, 0) is 45.4 Å². The zero-order valence-electron chi connectivity index (χ0n) is 14.5. The monoisotopic (exact) mass is 324 g/mol. The molecule has 0 saturated heterocycles. The highest BCUT2D eigenvalue weighted by atomic mass is 16.5. The zero-order chi connectivity index (χ0) is 17.2. The zero-order valence-corrected chi connectivity index (χ0v) is 14.5. The lowest BCUT2D eigenvalue weighted by atomic mass is 10.1. The second-order valence-electron chi connectivity index (χ2n) is 5.15. The Hall–Kier alpha value is -1.95. The van der Waals surface area contributed by atoms with Gasteiger partial charge < -0.3 is 25.3 Å². The maximum Gasteiger partial charge on any atom is 0.251 e. The number of rotatable bonds is 10. The maximum atomic E-state index is 12.3. The van der Waals surface area contributed by atoms with E-state index in [4.69, 9.17) is 19.9 Å². The summed E-state index contributed by atoms with van der Waals surface area (Å²) in [5, 5.41) is 2.87. The quantitative estimate of drug-likeness (QED) is 0.689. The van der Waals surface area contributed by atoms with Gasteiger partial charge in [-0.15, -0.1) is 0 Å². The topological polar surface area (TPSA) is 82.8 Å². The van der Waals surface area contributed by atoms with Crippen LogP contribution in [0.5, 0.6) is 17.2 Å². The number of carbonyl (C=O) groups excluding carboxylic acids is 1. The lowest BCUT2D eigenvalue weighted by Crippen LogP contribution is -2.31. The van der Waals surface area contributed by atoms with E-state index in [2.05, 4.69) is 5.32 Å². The third-order valence-electron chi connectivity index (χ3n) is 3.18. The Morgan fingerprint density at radius 3 is 2.04 bits per heavy atom. The van der Waals surface area contributed by atoms with Gasteiger partial charge >= 0.3 is 0 Å². The van der Waals surface area contributed by atoms with Crippen molar-refractivity contribution >= 4 is 5.91 Å². The molecule has 0 spiro atoms. The fourth-order valence-electron chi connectivity index (χ4n) is 1.97. The molecule has 6 heteroatoms. The molecule has 6 nitrogen and oxygen atoms in total. The summed E-state index contributed by atoms with van der Waals surface area (Å²) in [5.41, 5.74) is 6.05. The molecule has 1 aromatic rings. The summed E-state index contributed by atoms with van der Waals surface area (Å²) in [5.74, 6) is 1.59. The fourth-order valence-corrected chi connectivity index (χ4v) is 1.97. The first-order chi connectivity index (χ1) is 11.1. The second-order valence-corrected chi connectivity index (χ2v) is 5.15. The molecule has 23 heavy (non-hydrogen) atoms. The summed E-state index contributed by atoms with van der Waals surface area (Å²) in [4.78, 5) is 12.3. The van der Waals surface area contributed by atoms with Gasteiger partial charge in [-0.3, -0.25) is 4.79 Å². The molecule has 3 N–H and O–H groups in total. The largest absolute Gasteiger partial charge is 0.490 e. The van der Waals surface area contributed by atoms with Crippen molar-refractivity contribution in [2.24, 2.45) is 11.7 Å². The number of carbonyl (C=O) groups is 1. The highest BCUT2D eigenvalue weighted by Gasteiger charge is 2.18. The minimum absolute atomic E-state index is 0.185. The van der Waals surface area contributed by atoms with Crippen molar-refractivity contribution in [1.29, 1.82) is 0 Å². The molecule has 0 aliphatic rings. The lowest BCUT2D eigenvalue weighted by Gasteiger charge is -2.17. The van der Waals surface area contributed by atoms with Crippen LogP contribution in [0.15, 0.2) is 12.1 Å². The highest BCUT2D eigenvalue weighted by molar-refractivity contribution is 5.95. The molecule has 0 aromatic heterocycles. The average Bonchev–Trinajstić information content (AvgIpc) is 2.55. The summed E-state index contributed by atoms with van der Waals surface area (Å²) in [6.07, 6.45) is 0. The highest BCUT2D eigenvalue weighted by Crippen LogP contribution is 2.39. The first kappa shape index (κ1) is 19.1. The summed E-state index contributed by atoms with van der Waals surface area (Å²) in [7, 11) is 0. The van der Waals surface area contributed by atoms with Gasteiger partial charge in [-0.2, -0.15) is 0 Å². The molecule has 0 heterocycles. The molecule has 1 atom stereocenters. The van der Waals surface area contributed by atoms with Gasteiger partial charge in [-0.25, -0.2) is 0 Å². The first-order valence-electron chi connectivity index (χ1n) is 8.11. The molecule has 1 rings (SSSR count). The van der Waals surface area contributed by atoms with Crippen molar-refractivity contribution in [3.63, 3.8) is 0 Å². The molecule has 1 unspecified atom stereocenters. The van der Waals surface area contributed by atoms with Crippen molar-refractivity contribution in [2.45, 2.75) is 27.7 Å². The number of hydrogen-bond donors (Lipinski definition) is 2. The fraction of sp³-hybridized carbons (Fsp3) is 0.588. The Kier molecular flexibility index (Phi) is 8.26. The van der Waals surface area contributed by atoms with Crippen LogP contribution in [0.25, 0.3) is 0 Å². The molecular weight excluding hydrogens is 296 g/mol. The van der Waals surface area contributed by atoms with Gasteiger partial charge in [0.2, 0.25) is 5.75 Å². The summed E-state index contributed by atoms with van der Waals surface area (Å²) in [6.45, 7) is 10.1. The van der Waals surface area contributed by atoms with E-state index in [0.29, 0.717) is 55.7 Å². The Labute approximate surface area is 138 Å². The van der Waals surface area contributed by atoms with Gasteiger partial charge in [-0.1, -0.05) is 6.92 Å². The van der Waals surface area contributed by atoms with Crippen LogP contribution < -0.4 is 25.3 Å². The Balaban J connectivity index is 3.09. The van der Waals surface area contributed by atoms with Crippen LogP contribution in [0.1, 0.15) is 38.1 Å². The minimum Gasteiger partial charge on any atom is -0.490 e. The van der Waals surface area contributed by atoms with E-state index in [1.54, 1.807) is 12.1 Å². The Morgan fingerprint density at radius 1 is 1.09 bits per heavy atom. The third-order valence-corrected chi connectivity index (χ3v) is 3.18. The smallest absolute Gasteiger partial charge is 0.251 e. The number of amides is 1. The van der Waals surface area contributed by atoms with Crippen molar-refractivity contribution in [1.82, 2.24) is 5.32 Å². The van der Waals surface area contributed by atoms with Crippen LogP contribution in [-0.2, 0) is 0 Å². The van der Waals surface area contributed by atoms with Crippen LogP contribution in [0, 0.1) is 5.92 Å². The predicted molar refractivity (Wildman–Crippen MR) is 90.5 cm³/mol. The SMILES string of the molecule is CCOc1cc(C(=O)NCC(C)CN)cc(OCC)c1OCC. The van der Waals surface area contributed by atoms with Gasteiger partial charge in [0.15, 0.2) is 11.5 Å². The van der Waals surface area contributed by atoms with Gasteiger partial charge in [0.1, 0.15) is 0 Å². The van der Waals surface area contributed by atoms with Crippen molar-refractivity contribution in [3.05, 3.63) is 17.7 Å². The maximum absolute atomic E-state index is 12.3. The minimum atomic E-state index is -0.185. The van der Waals surface area contributed by atoms with Crippen LogP contribution >= 0.6 is 0 Å². The summed E-state index contributed by atoms with van der Waals surface area (Å²) < 4.78 is 16.8. The van der Waals surface area contributed by atoms with Crippen LogP contribution in [0.3, 0.4) is 0 Å². The van der Waals surface area contributed by atoms with E-state index in [0.717, 1.165) is 0 Å². The average molecular weight is 324 g/mol. The van der Waals surface area contributed by atoms with E-state index in [1.807, 2.05) is 27.7 Å². The van der Waals surface area contributed by atoms with Crippen molar-refractivity contribution in [2.75, 3.05) is 32.9 Å². The van der Waals surface area contributed by atoms with E-state index in [-0.39, 0.29) is 11.8 Å². The third kappa shape index (κ3) is 5.63. The van der Waals surface area contributed by atoms with Gasteiger partial charge in [0.05, 0.1) is 19.8 Å². The Morgan fingerprint density at radius 2 is 1.61 bits per heavy atom.